The number of hydrogen-bond acceptors (Lipinski definition) is 8. The van der Waals surface area contributed by atoms with Crippen LogP contribution in [0.15, 0.2) is 11.1 Å². The molecule has 0 saturated heterocycles. The van der Waals surface area contributed by atoms with Crippen LogP contribution in [0.2, 0.25) is 129 Å². The van der Waals surface area contributed by atoms with Crippen LogP contribution in [0.25, 0.3) is 0 Å². The van der Waals surface area contributed by atoms with Crippen molar-refractivity contribution in [1.82, 2.24) is 0 Å². The first-order valence-corrected chi connectivity index (χ1v) is 40.5. The van der Waals surface area contributed by atoms with Crippen molar-refractivity contribution in [1.29, 1.82) is 0 Å². The molecule has 2 N–H and O–H groups in total. The lowest BCUT2D eigenvalue weighted by Gasteiger charge is -2.48. The molecule has 0 bridgehead atoms. The van der Waals surface area contributed by atoms with Crippen LogP contribution in [0, 0.1) is 0 Å². The number of carbonyl (C=O) groups is 2. The van der Waals surface area contributed by atoms with Crippen molar-refractivity contribution in [3.05, 3.63) is 11.1 Å². The second kappa shape index (κ2) is 16.0. The van der Waals surface area contributed by atoms with Crippen LogP contribution in [0.4, 0.5) is 0 Å². The highest BCUT2D eigenvalue weighted by Gasteiger charge is 2.62. The normalized spacial score (nSPS) is 16.6. The Balaban J connectivity index is 8.64. The lowest BCUT2D eigenvalue weighted by atomic mass is 9.98. The van der Waals surface area contributed by atoms with Crippen LogP contribution >= 0.6 is 0 Å². The first kappa shape index (κ1) is 46.2. The van der Waals surface area contributed by atoms with E-state index in [9.17, 15) is 19.8 Å². The van der Waals surface area contributed by atoms with Crippen molar-refractivity contribution < 1.29 is 44.5 Å². The van der Waals surface area contributed by atoms with Gasteiger partial charge in [-0.05, 0) is 131 Å². The van der Waals surface area contributed by atoms with Crippen molar-refractivity contribution in [2.75, 3.05) is 0 Å². The first-order valence-electron chi connectivity index (χ1n) is 16.4. The molecule has 0 radical (unpaired) electrons. The van der Waals surface area contributed by atoms with E-state index >= 15 is 0 Å². The molecule has 0 aromatic rings. The van der Waals surface area contributed by atoms with Crippen LogP contribution in [0.3, 0.4) is 0 Å². The van der Waals surface area contributed by atoms with E-state index in [4.69, 9.17) is 24.7 Å². The van der Waals surface area contributed by atoms with Crippen LogP contribution in [-0.2, 0) is 34.3 Å². The lowest BCUT2D eigenvalue weighted by molar-refractivity contribution is -0.136. The Morgan fingerprint density at radius 2 is 0.565 bits per heavy atom. The molecule has 272 valence electrons. The van der Waals surface area contributed by atoms with Gasteiger partial charge in [0.15, 0.2) is 49.9 Å². The van der Waals surface area contributed by atoms with Gasteiger partial charge < -0.3 is 34.9 Å². The zero-order valence-electron chi connectivity index (χ0n) is 32.7. The second-order valence-corrected chi connectivity index (χ2v) is 51.9. The number of aliphatic carboxylic acids is 2. The zero-order valence-corrected chi connectivity index (χ0v) is 40.7. The fourth-order valence-corrected chi connectivity index (χ4v) is 34.7. The van der Waals surface area contributed by atoms with E-state index in [2.05, 4.69) is 0 Å². The highest BCUT2D eigenvalue weighted by Crippen LogP contribution is 2.48. The largest absolute Gasteiger partial charge is 0.478 e. The van der Waals surface area contributed by atoms with Crippen molar-refractivity contribution >= 4 is 79.5 Å². The fraction of sp³-hybridized carbons (Fsp3) is 0.857. The third-order valence-electron chi connectivity index (χ3n) is 5.81. The fourth-order valence-electron chi connectivity index (χ4n) is 5.28. The summed E-state index contributed by atoms with van der Waals surface area (Å²) >= 11 is 0. The predicted molar refractivity (Wildman–Crippen MR) is 208 cm³/mol. The van der Waals surface area contributed by atoms with Gasteiger partial charge in [0.05, 0.1) is 22.2 Å². The predicted octanol–water partition coefficient (Wildman–Crippen LogP) is 9.00. The van der Waals surface area contributed by atoms with Gasteiger partial charge in [0.2, 0.25) is 0 Å². The summed E-state index contributed by atoms with van der Waals surface area (Å²) in [4.78, 5) is 27.4. The Labute approximate surface area is 289 Å². The minimum atomic E-state index is -3.92. The second-order valence-electron chi connectivity index (χ2n) is 17.9. The molecule has 0 amide bonds. The van der Waals surface area contributed by atoms with E-state index in [-0.39, 0.29) is 24.0 Å². The Hall–Kier alpha value is 0.175. The number of rotatable bonds is 20. The Morgan fingerprint density at radius 3 is 0.652 bits per heavy atom. The van der Waals surface area contributed by atoms with Gasteiger partial charge in [-0.2, -0.15) is 0 Å². The van der Waals surface area contributed by atoms with Crippen LogP contribution in [0.1, 0.15) is 26.7 Å². The molecule has 0 fully saturated rings. The quantitative estimate of drug-likeness (QED) is 0.0911. The summed E-state index contributed by atoms with van der Waals surface area (Å²) in [5, 5.41) is 22.3. The molecule has 0 saturated carbocycles. The molecule has 2 unspecified atom stereocenters. The van der Waals surface area contributed by atoms with Gasteiger partial charge in [-0.1, -0.05) is 13.8 Å². The molecule has 0 aliphatic heterocycles. The van der Waals surface area contributed by atoms with Gasteiger partial charge in [-0.25, -0.2) is 9.59 Å². The molecule has 0 aromatic heterocycles. The minimum absolute atomic E-state index is 0.238. The van der Waals surface area contributed by atoms with E-state index in [0.29, 0.717) is 0 Å². The van der Waals surface area contributed by atoms with Gasteiger partial charge in [-0.3, -0.25) is 0 Å². The highest BCUT2D eigenvalue weighted by atomic mass is 28.5. The average molecular weight is 790 g/mol. The Morgan fingerprint density at radius 1 is 0.413 bits per heavy atom. The van der Waals surface area contributed by atoms with E-state index in [0.717, 1.165) is 0 Å². The van der Waals surface area contributed by atoms with E-state index in [1.54, 1.807) is 0 Å². The van der Waals surface area contributed by atoms with Gasteiger partial charge in [-0.15, -0.1) is 0 Å². The van der Waals surface area contributed by atoms with Crippen molar-refractivity contribution in [2.45, 2.75) is 156 Å². The zero-order chi connectivity index (χ0) is 37.1. The molecule has 0 spiro atoms. The maximum atomic E-state index is 13.7. The van der Waals surface area contributed by atoms with Gasteiger partial charge >= 0.3 is 29.5 Å². The first-order chi connectivity index (χ1) is 20.0. The SMILES string of the molecule is CCC(/C(C(=O)O)=C(\C(=O)O)C(CC)[Si](O[Si](C)(C)C)(O[Si](C)(C)C)O[Si](C)(C)C)[Si](O[Si](C)(C)C)(O[Si](C)(C)C)O[Si](C)(C)C. The average Bonchev–Trinajstić information content (AvgIpc) is 2.67. The van der Waals surface area contributed by atoms with Crippen molar-refractivity contribution in [2.24, 2.45) is 0 Å². The van der Waals surface area contributed by atoms with E-state index in [1.165, 1.54) is 0 Å². The molecule has 2 atom stereocenters. The number of carboxylic acids is 2. The Bertz CT molecular complexity index is 909. The van der Waals surface area contributed by atoms with Crippen LogP contribution < -0.4 is 0 Å². The number of hydrogen-bond donors (Lipinski definition) is 2. The molecule has 0 aliphatic carbocycles. The molecule has 18 heteroatoms. The minimum Gasteiger partial charge on any atom is -0.478 e. The van der Waals surface area contributed by atoms with E-state index in [1.807, 2.05) is 132 Å². The smallest absolute Gasteiger partial charge is 0.477 e. The molecule has 0 aromatic carbocycles. The third kappa shape index (κ3) is 15.8. The molecular formula is C28H68O10Si8. The summed E-state index contributed by atoms with van der Waals surface area (Å²) in [5.41, 5.74) is -2.35. The maximum Gasteiger partial charge on any atom is 0.477 e. The monoisotopic (exact) mass is 788 g/mol. The molecule has 0 heterocycles. The molecule has 46 heavy (non-hydrogen) atoms. The highest BCUT2D eigenvalue weighted by molar-refractivity contribution is 6.92. The summed E-state index contributed by atoms with van der Waals surface area (Å²) in [6.07, 6.45) is 0.515. The molecular weight excluding hydrogens is 721 g/mol. The summed E-state index contributed by atoms with van der Waals surface area (Å²) in [6.45, 7) is 40.3. The lowest BCUT2D eigenvalue weighted by Crippen LogP contribution is -2.65. The molecule has 0 rings (SSSR count). The van der Waals surface area contributed by atoms with Gasteiger partial charge in [0.1, 0.15) is 0 Å². The van der Waals surface area contributed by atoms with Crippen molar-refractivity contribution in [3.8, 4) is 0 Å². The van der Waals surface area contributed by atoms with Gasteiger partial charge in [0, 0.05) is 0 Å². The summed E-state index contributed by atoms with van der Waals surface area (Å²) in [7, 11) is -22.5. The standard InChI is InChI=1S/C28H68O10Si8/c1-21-23(45(33-39(3,4)5,34-40(6,7)8)35-41(9,10)11)25(27(29)30)26(28(31)32)24(22-2)46(36-42(12,13)14,37-43(15,16)17)38-44(18,19)20/h23-24H,21-22H2,1-20H3,(H,29,30)(H,31,32)/b26-25+. The summed E-state index contributed by atoms with van der Waals surface area (Å²) in [6, 6.07) is 0. The molecule has 0 aliphatic rings. The molecule has 10 nitrogen and oxygen atoms in total. The van der Waals surface area contributed by atoms with Crippen molar-refractivity contribution in [3.63, 3.8) is 0 Å². The van der Waals surface area contributed by atoms with E-state index < -0.39 is 90.5 Å². The topological polar surface area (TPSA) is 130 Å². The third-order valence-corrected chi connectivity index (χ3v) is 30.4. The van der Waals surface area contributed by atoms with Crippen LogP contribution in [-0.4, -0.2) is 89.7 Å². The maximum absolute atomic E-state index is 13.7. The number of carboxylic acid groups (broad SMARTS) is 2. The van der Waals surface area contributed by atoms with Crippen LogP contribution in [0.5, 0.6) is 0 Å². The Kier molecular flexibility index (Phi) is 16.1. The summed E-state index contributed by atoms with van der Waals surface area (Å²) < 4.78 is 41.9. The van der Waals surface area contributed by atoms with Gasteiger partial charge in [0.25, 0.3) is 0 Å². The summed E-state index contributed by atoms with van der Waals surface area (Å²) in [5.74, 6) is -2.65.